The summed E-state index contributed by atoms with van der Waals surface area (Å²) in [5, 5.41) is 2.08. The van der Waals surface area contributed by atoms with Gasteiger partial charge in [-0.15, -0.1) is 0 Å². The number of fused-ring (bicyclic) bond motifs is 1. The maximum atomic E-state index is 13.4. The summed E-state index contributed by atoms with van der Waals surface area (Å²) in [5.41, 5.74) is 1.27. The van der Waals surface area contributed by atoms with Crippen LogP contribution in [0.5, 0.6) is 0 Å². The predicted molar refractivity (Wildman–Crippen MR) is 77.7 cm³/mol. The highest BCUT2D eigenvalue weighted by Crippen LogP contribution is 2.50. The SMILES string of the molecule is C[C@@H]1CC[P@@](=O)(c2ccccc2)c2ccccc21. The molecule has 2 atom stereocenters. The Hall–Kier alpha value is -1.33. The third kappa shape index (κ3) is 1.74. The summed E-state index contributed by atoms with van der Waals surface area (Å²) in [5.74, 6) is 0.520. The van der Waals surface area contributed by atoms with Gasteiger partial charge in [0.05, 0.1) is 0 Å². The second kappa shape index (κ2) is 4.40. The maximum absolute atomic E-state index is 13.4. The van der Waals surface area contributed by atoms with Gasteiger partial charge in [-0.25, -0.2) is 0 Å². The molecule has 18 heavy (non-hydrogen) atoms. The predicted octanol–water partition coefficient (Wildman–Crippen LogP) is 3.51. The third-order valence-electron chi connectivity index (χ3n) is 3.91. The van der Waals surface area contributed by atoms with E-state index in [9.17, 15) is 4.57 Å². The number of benzene rings is 2. The van der Waals surface area contributed by atoms with Gasteiger partial charge in [0, 0.05) is 16.8 Å². The molecule has 0 saturated carbocycles. The zero-order valence-corrected chi connectivity index (χ0v) is 11.4. The van der Waals surface area contributed by atoms with Crippen molar-refractivity contribution in [2.75, 3.05) is 6.16 Å². The van der Waals surface area contributed by atoms with Gasteiger partial charge in [0.25, 0.3) is 0 Å². The quantitative estimate of drug-likeness (QED) is 0.714. The standard InChI is InChI=1S/C16H17OP/c1-13-11-12-18(17,14-7-3-2-4-8-14)16-10-6-5-9-15(13)16/h2-10,13H,11-12H2,1H3/t13-,18-/m1/s1. The Kier molecular flexibility index (Phi) is 2.87. The minimum absolute atomic E-state index is 0.520. The summed E-state index contributed by atoms with van der Waals surface area (Å²) in [4.78, 5) is 0. The van der Waals surface area contributed by atoms with Crippen LogP contribution in [0, 0.1) is 0 Å². The third-order valence-corrected chi connectivity index (χ3v) is 7.11. The van der Waals surface area contributed by atoms with Crippen LogP contribution in [0.3, 0.4) is 0 Å². The van der Waals surface area contributed by atoms with Gasteiger partial charge in [-0.1, -0.05) is 61.5 Å². The highest BCUT2D eigenvalue weighted by molar-refractivity contribution is 7.78. The van der Waals surface area contributed by atoms with Gasteiger partial charge in [0.15, 0.2) is 0 Å². The molecule has 1 heterocycles. The topological polar surface area (TPSA) is 17.1 Å². The molecule has 0 amide bonds. The van der Waals surface area contributed by atoms with Crippen LogP contribution in [-0.4, -0.2) is 6.16 Å². The van der Waals surface area contributed by atoms with E-state index in [1.54, 1.807) is 0 Å². The largest absolute Gasteiger partial charge is 0.314 e. The van der Waals surface area contributed by atoms with Crippen molar-refractivity contribution in [3.63, 3.8) is 0 Å². The highest BCUT2D eigenvalue weighted by Gasteiger charge is 2.34. The first-order valence-corrected chi connectivity index (χ1v) is 8.35. The van der Waals surface area contributed by atoms with Crippen LogP contribution < -0.4 is 10.6 Å². The van der Waals surface area contributed by atoms with E-state index in [1.807, 2.05) is 36.4 Å². The van der Waals surface area contributed by atoms with Crippen LogP contribution in [0.1, 0.15) is 24.8 Å². The van der Waals surface area contributed by atoms with E-state index in [-0.39, 0.29) is 0 Å². The lowest BCUT2D eigenvalue weighted by Crippen LogP contribution is -2.27. The fourth-order valence-electron chi connectivity index (χ4n) is 2.82. The van der Waals surface area contributed by atoms with Crippen molar-refractivity contribution in [2.24, 2.45) is 0 Å². The zero-order chi connectivity index (χ0) is 12.6. The molecule has 92 valence electrons. The van der Waals surface area contributed by atoms with Crippen LogP contribution >= 0.6 is 7.14 Å². The molecule has 0 bridgehead atoms. The summed E-state index contributed by atoms with van der Waals surface area (Å²) in [6.07, 6.45) is 1.82. The Labute approximate surface area is 108 Å². The van der Waals surface area contributed by atoms with E-state index in [1.165, 1.54) is 5.56 Å². The van der Waals surface area contributed by atoms with Gasteiger partial charge < -0.3 is 4.57 Å². The molecule has 0 unspecified atom stereocenters. The Morgan fingerprint density at radius 1 is 1.00 bits per heavy atom. The maximum Gasteiger partial charge on any atom is 0.143 e. The monoisotopic (exact) mass is 256 g/mol. The molecule has 0 N–H and O–H groups in total. The summed E-state index contributed by atoms with van der Waals surface area (Å²) in [7, 11) is -2.39. The molecule has 0 radical (unpaired) electrons. The average molecular weight is 256 g/mol. The van der Waals surface area contributed by atoms with Gasteiger partial charge in [0.1, 0.15) is 7.14 Å². The van der Waals surface area contributed by atoms with Crippen molar-refractivity contribution in [3.05, 3.63) is 60.2 Å². The molecule has 2 aromatic rings. The lowest BCUT2D eigenvalue weighted by molar-refractivity contribution is 0.578. The lowest BCUT2D eigenvalue weighted by Gasteiger charge is -2.30. The first-order chi connectivity index (χ1) is 8.72. The minimum atomic E-state index is -2.39. The smallest absolute Gasteiger partial charge is 0.143 e. The van der Waals surface area contributed by atoms with Crippen LogP contribution in [0.25, 0.3) is 0 Å². The van der Waals surface area contributed by atoms with E-state index in [0.29, 0.717) is 5.92 Å². The van der Waals surface area contributed by atoms with Gasteiger partial charge in [-0.05, 0) is 17.9 Å². The first-order valence-electron chi connectivity index (χ1n) is 6.46. The van der Waals surface area contributed by atoms with E-state index >= 15 is 0 Å². The van der Waals surface area contributed by atoms with Crippen molar-refractivity contribution in [1.29, 1.82) is 0 Å². The zero-order valence-electron chi connectivity index (χ0n) is 10.5. The molecule has 0 fully saturated rings. The molecule has 1 nitrogen and oxygen atoms in total. The lowest BCUT2D eigenvalue weighted by atomic mass is 9.98. The van der Waals surface area contributed by atoms with Crippen molar-refractivity contribution in [3.8, 4) is 0 Å². The van der Waals surface area contributed by atoms with Crippen LogP contribution in [0.15, 0.2) is 54.6 Å². The van der Waals surface area contributed by atoms with Crippen molar-refractivity contribution < 1.29 is 4.57 Å². The number of hydrogen-bond donors (Lipinski definition) is 0. The van der Waals surface area contributed by atoms with E-state index < -0.39 is 7.14 Å². The average Bonchev–Trinajstić information content (AvgIpc) is 2.44. The molecular weight excluding hydrogens is 239 g/mol. The number of hydrogen-bond acceptors (Lipinski definition) is 1. The second-order valence-electron chi connectivity index (χ2n) is 5.05. The summed E-state index contributed by atoms with van der Waals surface area (Å²) in [6.45, 7) is 2.23. The summed E-state index contributed by atoms with van der Waals surface area (Å²) >= 11 is 0. The molecule has 0 aliphatic carbocycles. The molecule has 0 spiro atoms. The minimum Gasteiger partial charge on any atom is -0.314 e. The van der Waals surface area contributed by atoms with E-state index in [0.717, 1.165) is 23.2 Å². The Morgan fingerprint density at radius 2 is 1.67 bits per heavy atom. The molecule has 2 heteroatoms. The van der Waals surface area contributed by atoms with Gasteiger partial charge in [0.2, 0.25) is 0 Å². The summed E-state index contributed by atoms with van der Waals surface area (Å²) < 4.78 is 13.4. The Balaban J connectivity index is 2.21. The molecule has 1 aliphatic rings. The van der Waals surface area contributed by atoms with Crippen molar-refractivity contribution in [1.82, 2.24) is 0 Å². The molecule has 2 aromatic carbocycles. The van der Waals surface area contributed by atoms with Crippen LogP contribution in [-0.2, 0) is 4.57 Å². The first kappa shape index (κ1) is 11.7. The normalized spacial score (nSPS) is 26.6. The van der Waals surface area contributed by atoms with Crippen molar-refractivity contribution in [2.45, 2.75) is 19.3 Å². The molecule has 0 saturated heterocycles. The van der Waals surface area contributed by atoms with Crippen LogP contribution in [0.4, 0.5) is 0 Å². The fraction of sp³-hybridized carbons (Fsp3) is 0.250. The van der Waals surface area contributed by atoms with Crippen molar-refractivity contribution >= 4 is 17.8 Å². The van der Waals surface area contributed by atoms with Gasteiger partial charge in [-0.2, -0.15) is 0 Å². The summed E-state index contributed by atoms with van der Waals surface area (Å²) in [6, 6.07) is 18.2. The van der Waals surface area contributed by atoms with E-state index in [2.05, 4.69) is 25.1 Å². The molecule has 1 aliphatic heterocycles. The molecule has 0 aromatic heterocycles. The van der Waals surface area contributed by atoms with Gasteiger partial charge >= 0.3 is 0 Å². The fourth-order valence-corrected chi connectivity index (χ4v) is 6.04. The van der Waals surface area contributed by atoms with Gasteiger partial charge in [-0.3, -0.25) is 0 Å². The Morgan fingerprint density at radius 3 is 2.44 bits per heavy atom. The highest BCUT2D eigenvalue weighted by atomic mass is 31.2. The second-order valence-corrected chi connectivity index (χ2v) is 7.97. The van der Waals surface area contributed by atoms with Crippen LogP contribution in [0.2, 0.25) is 0 Å². The number of rotatable bonds is 1. The molecule has 3 rings (SSSR count). The Bertz CT molecular complexity index is 604. The van der Waals surface area contributed by atoms with E-state index in [4.69, 9.17) is 0 Å². The molecular formula is C16H17OP.